The molecule has 2 atom stereocenters. The van der Waals surface area contributed by atoms with Gasteiger partial charge in [0.05, 0.1) is 5.69 Å². The highest BCUT2D eigenvalue weighted by molar-refractivity contribution is 7.13. The molecule has 1 aliphatic carbocycles. The van der Waals surface area contributed by atoms with Crippen LogP contribution in [0, 0.1) is 5.92 Å². The van der Waals surface area contributed by atoms with Gasteiger partial charge in [-0.3, -0.25) is 14.9 Å². The van der Waals surface area contributed by atoms with Crippen LogP contribution in [0.4, 0.5) is 0 Å². The summed E-state index contributed by atoms with van der Waals surface area (Å²) < 4.78 is 5.70. The Hall–Kier alpha value is -2.25. The summed E-state index contributed by atoms with van der Waals surface area (Å²) in [6.45, 7) is 3.94. The number of nitrogens with one attached hydrogen (secondary N) is 1. The molecule has 3 rings (SSSR count). The molecule has 0 amide bonds. The number of esters is 1. The lowest BCUT2D eigenvalue weighted by atomic mass is 10.0. The summed E-state index contributed by atoms with van der Waals surface area (Å²) in [6, 6.07) is 8.32. The summed E-state index contributed by atoms with van der Waals surface area (Å²) in [4.78, 5) is 29.3. The fraction of sp³-hybridized carbons (Fsp3) is 0.522. The van der Waals surface area contributed by atoms with Crippen LogP contribution in [0.25, 0.3) is 10.6 Å². The van der Waals surface area contributed by atoms with Crippen molar-refractivity contribution in [1.29, 1.82) is 0 Å². The number of carbonyl (C=O) groups is 2. The molecule has 0 aliphatic heterocycles. The fourth-order valence-electron chi connectivity index (χ4n) is 3.74. The van der Waals surface area contributed by atoms with Gasteiger partial charge in [0.2, 0.25) is 0 Å². The van der Waals surface area contributed by atoms with E-state index in [2.05, 4.69) is 10.3 Å². The van der Waals surface area contributed by atoms with Gasteiger partial charge in [-0.2, -0.15) is 0 Å². The van der Waals surface area contributed by atoms with Crippen LogP contribution in [0.5, 0.6) is 0 Å². The lowest BCUT2D eigenvalue weighted by molar-refractivity contribution is -0.152. The van der Waals surface area contributed by atoms with Crippen molar-refractivity contribution in [3.8, 4) is 10.6 Å². The van der Waals surface area contributed by atoms with E-state index in [0.717, 1.165) is 41.9 Å². The number of rotatable bonds is 10. The summed E-state index contributed by atoms with van der Waals surface area (Å²) in [6.07, 6.45) is 4.56. The monoisotopic (exact) mass is 430 g/mol. The second-order valence-corrected chi connectivity index (χ2v) is 9.16. The van der Waals surface area contributed by atoms with E-state index in [1.54, 1.807) is 0 Å². The third-order valence-electron chi connectivity index (χ3n) is 5.26. The number of thiazole rings is 1. The van der Waals surface area contributed by atoms with E-state index in [-0.39, 0.29) is 18.0 Å². The molecule has 1 heterocycles. The topological polar surface area (TPSA) is 88.5 Å². The van der Waals surface area contributed by atoms with Gasteiger partial charge < -0.3 is 9.84 Å². The highest BCUT2D eigenvalue weighted by Gasteiger charge is 2.31. The Kier molecular flexibility index (Phi) is 7.99. The fourth-order valence-corrected chi connectivity index (χ4v) is 4.58. The Morgan fingerprint density at radius 2 is 1.90 bits per heavy atom. The van der Waals surface area contributed by atoms with Crippen LogP contribution in [-0.2, 0) is 20.7 Å². The number of carboxylic acids is 1. The summed E-state index contributed by atoms with van der Waals surface area (Å²) in [5.74, 6) is -1.15. The number of aliphatic carboxylic acids is 1. The number of benzene rings is 1. The van der Waals surface area contributed by atoms with Crippen LogP contribution in [0.15, 0.2) is 35.7 Å². The van der Waals surface area contributed by atoms with Crippen molar-refractivity contribution in [2.45, 2.75) is 70.6 Å². The summed E-state index contributed by atoms with van der Waals surface area (Å²) in [5.41, 5.74) is 1.78. The molecule has 2 aromatic rings. The highest BCUT2D eigenvalue weighted by atomic mass is 32.1. The van der Waals surface area contributed by atoms with E-state index in [0.29, 0.717) is 12.8 Å². The van der Waals surface area contributed by atoms with Gasteiger partial charge in [0.1, 0.15) is 23.2 Å². The molecule has 0 saturated heterocycles. The van der Waals surface area contributed by atoms with Crippen LogP contribution < -0.4 is 5.32 Å². The van der Waals surface area contributed by atoms with Crippen molar-refractivity contribution in [2.75, 3.05) is 0 Å². The number of hydrogen-bond donors (Lipinski definition) is 2. The maximum atomic E-state index is 12.9. The van der Waals surface area contributed by atoms with Gasteiger partial charge in [0, 0.05) is 17.4 Å². The quantitative estimate of drug-likeness (QED) is 0.547. The SMILES string of the molecule is CC(C)CC(NC(Cc1csc(-c2ccccc2)n1)C(=O)OC1CCCC1)C(=O)O. The molecule has 162 valence electrons. The Morgan fingerprint density at radius 3 is 2.53 bits per heavy atom. The van der Waals surface area contributed by atoms with Gasteiger partial charge in [-0.25, -0.2) is 4.98 Å². The molecule has 6 nitrogen and oxygen atoms in total. The van der Waals surface area contributed by atoms with Crippen LogP contribution in [0.1, 0.15) is 51.6 Å². The average molecular weight is 431 g/mol. The minimum atomic E-state index is -0.953. The Labute approximate surface area is 181 Å². The molecular weight excluding hydrogens is 400 g/mol. The van der Waals surface area contributed by atoms with E-state index in [1.165, 1.54) is 11.3 Å². The molecule has 2 unspecified atom stereocenters. The number of nitrogens with zero attached hydrogens (tertiary/aromatic N) is 1. The first-order valence-electron chi connectivity index (χ1n) is 10.6. The molecule has 0 radical (unpaired) electrons. The van der Waals surface area contributed by atoms with Gasteiger partial charge in [-0.15, -0.1) is 11.3 Å². The largest absolute Gasteiger partial charge is 0.480 e. The third kappa shape index (κ3) is 6.37. The van der Waals surface area contributed by atoms with E-state index in [4.69, 9.17) is 4.74 Å². The first-order chi connectivity index (χ1) is 14.4. The number of aromatic nitrogens is 1. The Bertz CT molecular complexity index is 831. The molecule has 1 saturated carbocycles. The number of carbonyl (C=O) groups excluding carboxylic acids is 1. The van der Waals surface area contributed by atoms with Crippen molar-refractivity contribution in [3.05, 3.63) is 41.4 Å². The second-order valence-electron chi connectivity index (χ2n) is 8.30. The predicted molar refractivity (Wildman–Crippen MR) is 117 cm³/mol. The van der Waals surface area contributed by atoms with E-state index >= 15 is 0 Å². The maximum absolute atomic E-state index is 12.9. The van der Waals surface area contributed by atoms with E-state index in [1.807, 2.05) is 49.6 Å². The first kappa shape index (κ1) is 22.4. The summed E-state index contributed by atoms with van der Waals surface area (Å²) in [5, 5.41) is 15.5. The predicted octanol–water partition coefficient (Wildman–Crippen LogP) is 4.30. The standard InChI is InChI=1S/C23H30N2O4S/c1-15(2)12-19(22(26)27)25-20(23(28)29-18-10-6-7-11-18)13-17-14-30-21(24-17)16-8-4-3-5-9-16/h3-5,8-9,14-15,18-20,25H,6-7,10-13H2,1-2H3,(H,26,27). The van der Waals surface area contributed by atoms with E-state index < -0.39 is 18.1 Å². The Morgan fingerprint density at radius 1 is 1.20 bits per heavy atom. The average Bonchev–Trinajstić information content (AvgIpc) is 3.39. The molecule has 1 aromatic carbocycles. The van der Waals surface area contributed by atoms with Crippen molar-refractivity contribution in [3.63, 3.8) is 0 Å². The number of ether oxygens (including phenoxy) is 1. The van der Waals surface area contributed by atoms with Crippen molar-refractivity contribution in [1.82, 2.24) is 10.3 Å². The smallest absolute Gasteiger partial charge is 0.323 e. The third-order valence-corrected chi connectivity index (χ3v) is 6.20. The molecule has 30 heavy (non-hydrogen) atoms. The van der Waals surface area contributed by atoms with Crippen LogP contribution in [-0.4, -0.2) is 40.2 Å². The highest BCUT2D eigenvalue weighted by Crippen LogP contribution is 2.25. The molecular formula is C23H30N2O4S. The molecule has 0 bridgehead atoms. The molecule has 2 N–H and O–H groups in total. The molecule has 7 heteroatoms. The van der Waals surface area contributed by atoms with Gasteiger partial charge in [-0.05, 0) is 38.0 Å². The van der Waals surface area contributed by atoms with Gasteiger partial charge in [0.15, 0.2) is 0 Å². The van der Waals surface area contributed by atoms with Crippen molar-refractivity contribution < 1.29 is 19.4 Å². The van der Waals surface area contributed by atoms with Crippen molar-refractivity contribution in [2.24, 2.45) is 5.92 Å². The minimum absolute atomic E-state index is 0.0644. The van der Waals surface area contributed by atoms with Gasteiger partial charge in [0.25, 0.3) is 0 Å². The Balaban J connectivity index is 1.75. The minimum Gasteiger partial charge on any atom is -0.480 e. The zero-order valence-corrected chi connectivity index (χ0v) is 18.4. The number of hydrogen-bond acceptors (Lipinski definition) is 6. The number of carboxylic acid groups (broad SMARTS) is 1. The lowest BCUT2D eigenvalue weighted by Gasteiger charge is -2.24. The van der Waals surface area contributed by atoms with Gasteiger partial charge in [-0.1, -0.05) is 44.2 Å². The van der Waals surface area contributed by atoms with Crippen LogP contribution in [0.3, 0.4) is 0 Å². The first-order valence-corrected chi connectivity index (χ1v) is 11.5. The molecule has 0 spiro atoms. The summed E-state index contributed by atoms with van der Waals surface area (Å²) in [7, 11) is 0. The van der Waals surface area contributed by atoms with Crippen LogP contribution in [0.2, 0.25) is 0 Å². The zero-order chi connectivity index (χ0) is 21.5. The van der Waals surface area contributed by atoms with Crippen LogP contribution >= 0.6 is 11.3 Å². The second kappa shape index (κ2) is 10.7. The molecule has 1 fully saturated rings. The zero-order valence-electron chi connectivity index (χ0n) is 17.5. The normalized spacial score (nSPS) is 16.5. The van der Waals surface area contributed by atoms with Crippen molar-refractivity contribution >= 4 is 23.3 Å². The molecule has 1 aliphatic rings. The maximum Gasteiger partial charge on any atom is 0.323 e. The van der Waals surface area contributed by atoms with Gasteiger partial charge >= 0.3 is 11.9 Å². The summed E-state index contributed by atoms with van der Waals surface area (Å²) >= 11 is 1.52. The molecule has 1 aromatic heterocycles. The van der Waals surface area contributed by atoms with E-state index in [9.17, 15) is 14.7 Å². The lowest BCUT2D eigenvalue weighted by Crippen LogP contribution is -2.50.